The van der Waals surface area contributed by atoms with Gasteiger partial charge in [0.2, 0.25) is 0 Å². The van der Waals surface area contributed by atoms with Crippen molar-refractivity contribution in [2.45, 2.75) is 26.4 Å². The first-order chi connectivity index (χ1) is 7.75. The first-order valence-electron chi connectivity index (χ1n) is 5.30. The highest BCUT2D eigenvalue weighted by molar-refractivity contribution is 5.18. The van der Waals surface area contributed by atoms with Crippen LogP contribution < -0.4 is 5.32 Å². The van der Waals surface area contributed by atoms with Crippen LogP contribution >= 0.6 is 0 Å². The van der Waals surface area contributed by atoms with Crippen LogP contribution in [0.15, 0.2) is 30.9 Å². The van der Waals surface area contributed by atoms with Crippen molar-refractivity contribution in [3.05, 3.63) is 36.5 Å². The second kappa shape index (κ2) is 4.85. The van der Waals surface area contributed by atoms with Gasteiger partial charge in [-0.2, -0.15) is 5.10 Å². The van der Waals surface area contributed by atoms with E-state index in [-0.39, 0.29) is 0 Å². The van der Waals surface area contributed by atoms with Crippen LogP contribution in [0.1, 0.15) is 19.5 Å². The molecule has 2 heterocycles. The predicted octanol–water partition coefficient (Wildman–Crippen LogP) is 1.16. The van der Waals surface area contributed by atoms with Crippen LogP contribution in [-0.4, -0.2) is 25.8 Å². The largest absolute Gasteiger partial charge is 0.309 e. The van der Waals surface area contributed by atoms with Crippen molar-refractivity contribution in [3.8, 4) is 5.82 Å². The molecular weight excluding hydrogens is 202 g/mol. The molecule has 2 aromatic heterocycles. The topological polar surface area (TPSA) is 55.6 Å². The lowest BCUT2D eigenvalue weighted by molar-refractivity contribution is 0.579. The molecule has 16 heavy (non-hydrogen) atoms. The van der Waals surface area contributed by atoms with Gasteiger partial charge in [-0.3, -0.25) is 4.98 Å². The summed E-state index contributed by atoms with van der Waals surface area (Å²) in [6.07, 6.45) is 7.04. The fourth-order valence-corrected chi connectivity index (χ4v) is 1.30. The fraction of sp³-hybridized carbons (Fsp3) is 0.364. The molecule has 0 radical (unpaired) electrons. The van der Waals surface area contributed by atoms with Gasteiger partial charge in [0.15, 0.2) is 5.82 Å². The van der Waals surface area contributed by atoms with E-state index < -0.39 is 0 Å². The molecular formula is C11H15N5. The summed E-state index contributed by atoms with van der Waals surface area (Å²) in [6.45, 7) is 4.93. The Labute approximate surface area is 94.5 Å². The highest BCUT2D eigenvalue weighted by Crippen LogP contribution is 2.01. The molecule has 0 saturated carbocycles. The second-order valence-electron chi connectivity index (χ2n) is 3.85. The van der Waals surface area contributed by atoms with Crippen LogP contribution in [-0.2, 0) is 6.54 Å². The fourth-order valence-electron chi connectivity index (χ4n) is 1.30. The lowest BCUT2D eigenvalue weighted by atomic mass is 10.3. The molecule has 0 spiro atoms. The maximum Gasteiger partial charge on any atom is 0.172 e. The van der Waals surface area contributed by atoms with Gasteiger partial charge in [-0.15, -0.1) is 0 Å². The lowest BCUT2D eigenvalue weighted by Crippen LogP contribution is -2.22. The molecule has 0 aromatic carbocycles. The average molecular weight is 217 g/mol. The number of nitrogens with zero attached hydrogens (tertiary/aromatic N) is 4. The molecule has 2 rings (SSSR count). The molecule has 0 aliphatic rings. The molecule has 2 aromatic rings. The van der Waals surface area contributed by atoms with E-state index >= 15 is 0 Å². The van der Waals surface area contributed by atoms with Gasteiger partial charge in [-0.1, -0.05) is 13.8 Å². The minimum atomic E-state index is 0.440. The summed E-state index contributed by atoms with van der Waals surface area (Å²) in [5.74, 6) is 0.744. The Morgan fingerprint density at radius 3 is 2.94 bits per heavy atom. The standard InChI is InChI=1S/C11H15N5/c1-9(2)13-7-10-6-12-8-11(15-10)16-5-3-4-14-16/h3-6,8-9,13H,7H2,1-2H3. The first kappa shape index (κ1) is 10.8. The summed E-state index contributed by atoms with van der Waals surface area (Å²) in [5.41, 5.74) is 0.918. The van der Waals surface area contributed by atoms with Crippen molar-refractivity contribution in [3.63, 3.8) is 0 Å². The maximum atomic E-state index is 4.46. The molecule has 0 saturated heterocycles. The maximum absolute atomic E-state index is 4.46. The van der Waals surface area contributed by atoms with E-state index in [0.717, 1.165) is 18.1 Å². The summed E-state index contributed by atoms with van der Waals surface area (Å²) in [7, 11) is 0. The minimum Gasteiger partial charge on any atom is -0.309 e. The molecule has 0 amide bonds. The number of nitrogens with one attached hydrogen (secondary N) is 1. The molecule has 5 nitrogen and oxygen atoms in total. The summed E-state index contributed by atoms with van der Waals surface area (Å²) in [5, 5.41) is 7.42. The highest BCUT2D eigenvalue weighted by atomic mass is 15.3. The zero-order valence-corrected chi connectivity index (χ0v) is 9.46. The SMILES string of the molecule is CC(C)NCc1cncc(-n2cccn2)n1. The van der Waals surface area contributed by atoms with Gasteiger partial charge in [0, 0.05) is 31.2 Å². The van der Waals surface area contributed by atoms with Gasteiger partial charge in [-0.05, 0) is 6.07 Å². The van der Waals surface area contributed by atoms with E-state index in [0.29, 0.717) is 6.04 Å². The third-order valence-electron chi connectivity index (χ3n) is 2.10. The van der Waals surface area contributed by atoms with Crippen molar-refractivity contribution in [2.75, 3.05) is 0 Å². The number of hydrogen-bond acceptors (Lipinski definition) is 4. The van der Waals surface area contributed by atoms with Crippen LogP contribution in [0.4, 0.5) is 0 Å². The molecule has 0 unspecified atom stereocenters. The Morgan fingerprint density at radius 1 is 1.38 bits per heavy atom. The number of rotatable bonds is 4. The van der Waals surface area contributed by atoms with Gasteiger partial charge in [0.25, 0.3) is 0 Å². The van der Waals surface area contributed by atoms with Crippen LogP contribution in [0.5, 0.6) is 0 Å². The Balaban J connectivity index is 2.14. The van der Waals surface area contributed by atoms with Crippen molar-refractivity contribution < 1.29 is 0 Å². The summed E-state index contributed by atoms with van der Waals surface area (Å²) >= 11 is 0. The monoisotopic (exact) mass is 217 g/mol. The minimum absolute atomic E-state index is 0.440. The Hall–Kier alpha value is -1.75. The number of hydrogen-bond donors (Lipinski definition) is 1. The van der Waals surface area contributed by atoms with Gasteiger partial charge in [-0.25, -0.2) is 9.67 Å². The van der Waals surface area contributed by atoms with Crippen molar-refractivity contribution in [1.82, 2.24) is 25.1 Å². The summed E-state index contributed by atoms with van der Waals surface area (Å²) in [6, 6.07) is 2.30. The summed E-state index contributed by atoms with van der Waals surface area (Å²) < 4.78 is 1.70. The Kier molecular flexibility index (Phi) is 3.26. The van der Waals surface area contributed by atoms with Crippen LogP contribution in [0, 0.1) is 0 Å². The molecule has 0 aliphatic heterocycles. The van der Waals surface area contributed by atoms with Crippen molar-refractivity contribution in [2.24, 2.45) is 0 Å². The van der Waals surface area contributed by atoms with Crippen LogP contribution in [0.3, 0.4) is 0 Å². The number of aromatic nitrogens is 4. The molecule has 0 atom stereocenters. The molecule has 5 heteroatoms. The third-order valence-corrected chi connectivity index (χ3v) is 2.10. The molecule has 84 valence electrons. The average Bonchev–Trinajstić information content (AvgIpc) is 2.80. The van der Waals surface area contributed by atoms with Crippen molar-refractivity contribution >= 4 is 0 Å². The highest BCUT2D eigenvalue weighted by Gasteiger charge is 2.01. The third kappa shape index (κ3) is 2.64. The lowest BCUT2D eigenvalue weighted by Gasteiger charge is -2.08. The van der Waals surface area contributed by atoms with Gasteiger partial charge in [0.05, 0.1) is 11.9 Å². The molecule has 0 bridgehead atoms. The van der Waals surface area contributed by atoms with Crippen LogP contribution in [0.25, 0.3) is 5.82 Å². The Bertz CT molecular complexity index is 435. The van der Waals surface area contributed by atoms with E-state index in [2.05, 4.69) is 34.2 Å². The van der Waals surface area contributed by atoms with E-state index in [1.54, 1.807) is 23.3 Å². The smallest absolute Gasteiger partial charge is 0.172 e. The molecule has 0 fully saturated rings. The van der Waals surface area contributed by atoms with Crippen LogP contribution in [0.2, 0.25) is 0 Å². The van der Waals surface area contributed by atoms with Gasteiger partial charge >= 0.3 is 0 Å². The molecule has 0 aliphatic carbocycles. The van der Waals surface area contributed by atoms with Crippen molar-refractivity contribution in [1.29, 1.82) is 0 Å². The van der Waals surface area contributed by atoms with E-state index in [1.807, 2.05) is 12.3 Å². The van der Waals surface area contributed by atoms with E-state index in [4.69, 9.17) is 0 Å². The quantitative estimate of drug-likeness (QED) is 0.835. The zero-order chi connectivity index (χ0) is 11.4. The first-order valence-corrected chi connectivity index (χ1v) is 5.30. The van der Waals surface area contributed by atoms with E-state index in [1.165, 1.54) is 0 Å². The molecule has 1 N–H and O–H groups in total. The van der Waals surface area contributed by atoms with Gasteiger partial charge in [0.1, 0.15) is 0 Å². The Morgan fingerprint density at radius 2 is 2.25 bits per heavy atom. The zero-order valence-electron chi connectivity index (χ0n) is 9.46. The predicted molar refractivity (Wildman–Crippen MR) is 61.1 cm³/mol. The summed E-state index contributed by atoms with van der Waals surface area (Å²) in [4.78, 5) is 8.62. The normalized spacial score (nSPS) is 10.9. The van der Waals surface area contributed by atoms with Gasteiger partial charge < -0.3 is 5.32 Å². The van der Waals surface area contributed by atoms with E-state index in [9.17, 15) is 0 Å². The second-order valence-corrected chi connectivity index (χ2v) is 3.85.